The zero-order valence-electron chi connectivity index (χ0n) is 9.17. The van der Waals surface area contributed by atoms with Crippen molar-refractivity contribution in [3.8, 4) is 12.3 Å². The van der Waals surface area contributed by atoms with Crippen LogP contribution in [-0.4, -0.2) is 18.7 Å². The van der Waals surface area contributed by atoms with Crippen LogP contribution < -0.4 is 5.32 Å². The van der Waals surface area contributed by atoms with Crippen molar-refractivity contribution < 1.29 is 9.53 Å². The molecular weight excluding hydrogens is 178 g/mol. The molecule has 0 aliphatic heterocycles. The lowest BCUT2D eigenvalue weighted by Crippen LogP contribution is -2.34. The molecule has 0 aromatic carbocycles. The molecule has 1 unspecified atom stereocenters. The summed E-state index contributed by atoms with van der Waals surface area (Å²) in [6.45, 7) is 6.41. The lowest BCUT2D eigenvalue weighted by molar-refractivity contribution is 0.131. The number of hydrogen-bond donors (Lipinski definition) is 1. The molecule has 0 aliphatic rings. The minimum absolute atomic E-state index is 0.209. The molecule has 0 rings (SSSR count). The van der Waals surface area contributed by atoms with Gasteiger partial charge in [0.25, 0.3) is 0 Å². The molecule has 14 heavy (non-hydrogen) atoms. The second-order valence-electron chi connectivity index (χ2n) is 3.64. The molecule has 0 bridgehead atoms. The fourth-order valence-corrected chi connectivity index (χ4v) is 0.912. The quantitative estimate of drug-likeness (QED) is 0.686. The zero-order valence-corrected chi connectivity index (χ0v) is 9.17. The van der Waals surface area contributed by atoms with E-state index in [1.165, 1.54) is 0 Å². The van der Waals surface area contributed by atoms with E-state index in [1.807, 2.05) is 20.8 Å². The summed E-state index contributed by atoms with van der Waals surface area (Å²) in [5, 5.41) is 2.63. The summed E-state index contributed by atoms with van der Waals surface area (Å²) in [5.74, 6) is 2.85. The summed E-state index contributed by atoms with van der Waals surface area (Å²) in [7, 11) is 0. The average Bonchev–Trinajstić information content (AvgIpc) is 2.14. The van der Waals surface area contributed by atoms with Crippen LogP contribution in [0.1, 0.15) is 33.6 Å². The molecule has 0 aromatic heterocycles. The van der Waals surface area contributed by atoms with Crippen LogP contribution >= 0.6 is 0 Å². The Morgan fingerprint density at radius 1 is 1.57 bits per heavy atom. The number of terminal acetylenes is 1. The van der Waals surface area contributed by atoms with Crippen molar-refractivity contribution in [3.63, 3.8) is 0 Å². The van der Waals surface area contributed by atoms with Crippen LogP contribution in [0.5, 0.6) is 0 Å². The number of carbonyl (C=O) groups is 1. The number of carbonyl (C=O) groups excluding carboxylic acids is 1. The largest absolute Gasteiger partial charge is 0.449 e. The summed E-state index contributed by atoms with van der Waals surface area (Å²) in [6.07, 6.45) is 6.55. The number of nitrogens with one attached hydrogen (secondary N) is 1. The second kappa shape index (κ2) is 7.25. The monoisotopic (exact) mass is 197 g/mol. The predicted molar refractivity (Wildman–Crippen MR) is 56.9 cm³/mol. The molecule has 0 fully saturated rings. The molecule has 3 heteroatoms. The van der Waals surface area contributed by atoms with Gasteiger partial charge in [0.2, 0.25) is 0 Å². The third-order valence-corrected chi connectivity index (χ3v) is 1.62. The number of hydrogen-bond acceptors (Lipinski definition) is 2. The minimum Gasteiger partial charge on any atom is -0.449 e. The highest BCUT2D eigenvalue weighted by atomic mass is 16.5. The van der Waals surface area contributed by atoms with Crippen molar-refractivity contribution in [3.05, 3.63) is 0 Å². The smallest absolute Gasteiger partial charge is 0.408 e. The van der Waals surface area contributed by atoms with E-state index in [4.69, 9.17) is 11.2 Å². The van der Waals surface area contributed by atoms with Gasteiger partial charge in [0.15, 0.2) is 0 Å². The van der Waals surface area contributed by atoms with Gasteiger partial charge in [0.1, 0.15) is 0 Å². The average molecular weight is 197 g/mol. The van der Waals surface area contributed by atoms with Crippen LogP contribution in [0.25, 0.3) is 0 Å². The van der Waals surface area contributed by atoms with E-state index >= 15 is 0 Å². The Kier molecular flexibility index (Phi) is 6.65. The topological polar surface area (TPSA) is 38.3 Å². The molecule has 0 radical (unpaired) electrons. The van der Waals surface area contributed by atoms with E-state index in [1.54, 1.807) is 0 Å². The molecule has 1 amide bonds. The highest BCUT2D eigenvalue weighted by Crippen LogP contribution is 1.97. The maximum absolute atomic E-state index is 11.2. The van der Waals surface area contributed by atoms with Crippen LogP contribution in [0.3, 0.4) is 0 Å². The lowest BCUT2D eigenvalue weighted by Gasteiger charge is -2.13. The van der Waals surface area contributed by atoms with Crippen molar-refractivity contribution in [2.75, 3.05) is 6.61 Å². The first kappa shape index (κ1) is 12.8. The highest BCUT2D eigenvalue weighted by molar-refractivity contribution is 5.68. The molecule has 0 heterocycles. The summed E-state index contributed by atoms with van der Waals surface area (Å²) < 4.78 is 4.94. The maximum atomic E-state index is 11.2. The second-order valence-corrected chi connectivity index (χ2v) is 3.64. The maximum Gasteiger partial charge on any atom is 0.408 e. The van der Waals surface area contributed by atoms with Gasteiger partial charge < -0.3 is 10.1 Å². The van der Waals surface area contributed by atoms with Crippen LogP contribution in [0, 0.1) is 18.3 Å². The Morgan fingerprint density at radius 3 is 2.64 bits per heavy atom. The number of alkyl carbamates (subject to hydrolysis) is 1. The third kappa shape index (κ3) is 6.36. The van der Waals surface area contributed by atoms with E-state index in [9.17, 15) is 4.79 Å². The SMILES string of the molecule is C#CC(CCC)NC(=O)OCC(C)C. The van der Waals surface area contributed by atoms with E-state index < -0.39 is 6.09 Å². The van der Waals surface area contributed by atoms with Gasteiger partial charge in [-0.15, -0.1) is 6.42 Å². The van der Waals surface area contributed by atoms with Gasteiger partial charge in [0.05, 0.1) is 12.6 Å². The van der Waals surface area contributed by atoms with Crippen molar-refractivity contribution >= 4 is 6.09 Å². The summed E-state index contributed by atoms with van der Waals surface area (Å²) in [4.78, 5) is 11.2. The zero-order chi connectivity index (χ0) is 11.0. The first-order chi connectivity index (χ1) is 6.60. The molecule has 3 nitrogen and oxygen atoms in total. The first-order valence-corrected chi connectivity index (χ1v) is 4.99. The number of ether oxygens (including phenoxy) is 1. The van der Waals surface area contributed by atoms with Crippen LogP contribution in [0.15, 0.2) is 0 Å². The first-order valence-electron chi connectivity index (χ1n) is 4.99. The lowest BCUT2D eigenvalue weighted by atomic mass is 10.2. The Balaban J connectivity index is 3.75. The molecule has 0 saturated carbocycles. The van der Waals surface area contributed by atoms with Gasteiger partial charge in [-0.1, -0.05) is 33.1 Å². The Labute approximate surface area is 86.2 Å². The standard InChI is InChI=1S/C11H19NO2/c1-5-7-10(6-2)12-11(13)14-8-9(3)4/h2,9-10H,5,7-8H2,1,3-4H3,(H,12,13). The molecule has 0 aromatic rings. The Hall–Kier alpha value is -1.17. The molecule has 0 saturated heterocycles. The number of rotatable bonds is 5. The van der Waals surface area contributed by atoms with Crippen LogP contribution in [-0.2, 0) is 4.74 Å². The van der Waals surface area contributed by atoms with E-state index in [0.29, 0.717) is 12.5 Å². The normalized spacial score (nSPS) is 11.9. The fourth-order valence-electron chi connectivity index (χ4n) is 0.912. The summed E-state index contributed by atoms with van der Waals surface area (Å²) in [6, 6.07) is -0.209. The summed E-state index contributed by atoms with van der Waals surface area (Å²) in [5.41, 5.74) is 0. The highest BCUT2D eigenvalue weighted by Gasteiger charge is 2.09. The van der Waals surface area contributed by atoms with E-state index in [0.717, 1.165) is 12.8 Å². The molecule has 0 spiro atoms. The van der Waals surface area contributed by atoms with Gasteiger partial charge in [-0.2, -0.15) is 0 Å². The fraction of sp³-hybridized carbons (Fsp3) is 0.727. The van der Waals surface area contributed by atoms with Gasteiger partial charge in [-0.05, 0) is 12.3 Å². The molecule has 80 valence electrons. The predicted octanol–water partition coefficient (Wildman–Crippen LogP) is 2.17. The minimum atomic E-state index is -0.421. The van der Waals surface area contributed by atoms with Crippen molar-refractivity contribution in [2.45, 2.75) is 39.7 Å². The third-order valence-electron chi connectivity index (χ3n) is 1.62. The Bertz CT molecular complexity index is 206. The Morgan fingerprint density at radius 2 is 2.21 bits per heavy atom. The van der Waals surface area contributed by atoms with Gasteiger partial charge in [0, 0.05) is 0 Å². The molecule has 1 N–H and O–H groups in total. The van der Waals surface area contributed by atoms with Gasteiger partial charge in [-0.25, -0.2) is 4.79 Å². The molecule has 1 atom stereocenters. The van der Waals surface area contributed by atoms with E-state index in [2.05, 4.69) is 11.2 Å². The van der Waals surface area contributed by atoms with Crippen LogP contribution in [0.2, 0.25) is 0 Å². The molecule has 0 aliphatic carbocycles. The van der Waals surface area contributed by atoms with Gasteiger partial charge in [-0.3, -0.25) is 0 Å². The van der Waals surface area contributed by atoms with Crippen molar-refractivity contribution in [2.24, 2.45) is 5.92 Å². The van der Waals surface area contributed by atoms with E-state index in [-0.39, 0.29) is 6.04 Å². The summed E-state index contributed by atoms with van der Waals surface area (Å²) >= 11 is 0. The number of amides is 1. The molecular formula is C11H19NO2. The van der Waals surface area contributed by atoms with Crippen molar-refractivity contribution in [1.29, 1.82) is 0 Å². The van der Waals surface area contributed by atoms with Crippen LogP contribution in [0.4, 0.5) is 4.79 Å². The van der Waals surface area contributed by atoms with Crippen molar-refractivity contribution in [1.82, 2.24) is 5.32 Å². The van der Waals surface area contributed by atoms with Gasteiger partial charge >= 0.3 is 6.09 Å².